The molecule has 1 N–H and O–H groups in total. The third-order valence-electron chi connectivity index (χ3n) is 4.41. The normalized spacial score (nSPS) is 22.6. The van der Waals surface area contributed by atoms with Gasteiger partial charge in [0.15, 0.2) is 0 Å². The summed E-state index contributed by atoms with van der Waals surface area (Å²) in [5, 5.41) is 3.71. The van der Waals surface area contributed by atoms with Gasteiger partial charge in [0.25, 0.3) is 0 Å². The van der Waals surface area contributed by atoms with Gasteiger partial charge >= 0.3 is 0 Å². The summed E-state index contributed by atoms with van der Waals surface area (Å²) >= 11 is 1.77. The lowest BCUT2D eigenvalue weighted by Crippen LogP contribution is -2.46. The van der Waals surface area contributed by atoms with Crippen LogP contribution in [0.25, 0.3) is 0 Å². The number of thiazole rings is 1. The van der Waals surface area contributed by atoms with E-state index < -0.39 is 0 Å². The summed E-state index contributed by atoms with van der Waals surface area (Å²) in [6.07, 6.45) is 5.63. The molecule has 1 fully saturated rings. The van der Waals surface area contributed by atoms with E-state index in [2.05, 4.69) is 31.1 Å². The first kappa shape index (κ1) is 14.9. The van der Waals surface area contributed by atoms with Gasteiger partial charge in [-0.2, -0.15) is 0 Å². The summed E-state index contributed by atoms with van der Waals surface area (Å²) in [6.45, 7) is 8.54. The molecule has 1 aliphatic heterocycles. The Morgan fingerprint density at radius 1 is 1.47 bits per heavy atom. The van der Waals surface area contributed by atoms with Gasteiger partial charge in [0.05, 0.1) is 16.8 Å². The Morgan fingerprint density at radius 3 is 2.89 bits per heavy atom. The second-order valence-electron chi connectivity index (χ2n) is 5.49. The van der Waals surface area contributed by atoms with E-state index in [9.17, 15) is 0 Å². The molecular weight excluding hydrogens is 256 g/mol. The molecule has 19 heavy (non-hydrogen) atoms. The van der Waals surface area contributed by atoms with Crippen LogP contribution in [0.4, 0.5) is 0 Å². The van der Waals surface area contributed by atoms with Crippen molar-refractivity contribution >= 4 is 11.3 Å². The van der Waals surface area contributed by atoms with E-state index in [0.717, 1.165) is 45.3 Å². The highest BCUT2D eigenvalue weighted by atomic mass is 32.1. The zero-order valence-corrected chi connectivity index (χ0v) is 13.2. The highest BCUT2D eigenvalue weighted by Gasteiger charge is 2.34. The van der Waals surface area contributed by atoms with Gasteiger partial charge < -0.3 is 10.1 Å². The Morgan fingerprint density at radius 2 is 2.26 bits per heavy atom. The molecule has 108 valence electrons. The Hall–Kier alpha value is -0.450. The number of rotatable bonds is 6. The van der Waals surface area contributed by atoms with Crippen LogP contribution in [-0.4, -0.2) is 29.8 Å². The standard InChI is InChI=1S/C15H26N2OS/c1-4-15(5-2)10-13(7-9-18-15)16-8-6-14-12(3)17-11-19-14/h11,13,16H,4-10H2,1-3H3. The number of aromatic nitrogens is 1. The highest BCUT2D eigenvalue weighted by molar-refractivity contribution is 7.09. The summed E-state index contributed by atoms with van der Waals surface area (Å²) in [4.78, 5) is 5.72. The molecule has 0 radical (unpaired) electrons. The Kier molecular flexibility index (Phi) is 5.37. The number of nitrogens with zero attached hydrogens (tertiary/aromatic N) is 1. The van der Waals surface area contributed by atoms with Gasteiger partial charge in [0, 0.05) is 24.1 Å². The third kappa shape index (κ3) is 3.77. The first-order chi connectivity index (χ1) is 9.19. The maximum atomic E-state index is 6.02. The van der Waals surface area contributed by atoms with Crippen LogP contribution in [0.2, 0.25) is 0 Å². The molecule has 1 unspecified atom stereocenters. The Bertz CT molecular complexity index is 387. The monoisotopic (exact) mass is 282 g/mol. The molecule has 2 rings (SSSR count). The molecule has 0 amide bonds. The van der Waals surface area contributed by atoms with Crippen molar-refractivity contribution < 1.29 is 4.74 Å². The van der Waals surface area contributed by atoms with Crippen molar-refractivity contribution in [1.29, 1.82) is 0 Å². The molecule has 4 heteroatoms. The quantitative estimate of drug-likeness (QED) is 0.869. The first-order valence-corrected chi connectivity index (χ1v) is 8.33. The minimum Gasteiger partial charge on any atom is -0.375 e. The van der Waals surface area contributed by atoms with Crippen LogP contribution in [0.1, 0.15) is 50.1 Å². The summed E-state index contributed by atoms with van der Waals surface area (Å²) in [5.74, 6) is 0. The fourth-order valence-corrected chi connectivity index (χ4v) is 3.68. The van der Waals surface area contributed by atoms with Crippen molar-refractivity contribution in [3.05, 3.63) is 16.1 Å². The second-order valence-corrected chi connectivity index (χ2v) is 6.43. The van der Waals surface area contributed by atoms with Crippen molar-refractivity contribution in [2.45, 2.75) is 64.5 Å². The minimum atomic E-state index is 0.121. The number of aryl methyl sites for hydroxylation is 1. The number of hydrogen-bond donors (Lipinski definition) is 1. The van der Waals surface area contributed by atoms with Crippen LogP contribution in [0, 0.1) is 6.92 Å². The number of nitrogens with one attached hydrogen (secondary N) is 1. The summed E-state index contributed by atoms with van der Waals surface area (Å²) in [7, 11) is 0. The van der Waals surface area contributed by atoms with Crippen molar-refractivity contribution in [3.63, 3.8) is 0 Å². The molecule has 2 heterocycles. The number of hydrogen-bond acceptors (Lipinski definition) is 4. The lowest BCUT2D eigenvalue weighted by atomic mass is 9.86. The molecule has 0 bridgehead atoms. The van der Waals surface area contributed by atoms with Crippen LogP contribution in [-0.2, 0) is 11.2 Å². The average molecular weight is 282 g/mol. The van der Waals surface area contributed by atoms with Crippen molar-refractivity contribution in [1.82, 2.24) is 10.3 Å². The van der Waals surface area contributed by atoms with E-state index in [0.29, 0.717) is 6.04 Å². The topological polar surface area (TPSA) is 34.2 Å². The van der Waals surface area contributed by atoms with Gasteiger partial charge in [-0.1, -0.05) is 13.8 Å². The smallest absolute Gasteiger partial charge is 0.0797 e. The Labute approximate surface area is 120 Å². The van der Waals surface area contributed by atoms with Crippen molar-refractivity contribution in [2.75, 3.05) is 13.2 Å². The largest absolute Gasteiger partial charge is 0.375 e. The molecule has 1 aromatic heterocycles. The molecule has 1 saturated heterocycles. The van der Waals surface area contributed by atoms with Crippen LogP contribution in [0.3, 0.4) is 0 Å². The summed E-state index contributed by atoms with van der Waals surface area (Å²) < 4.78 is 6.02. The minimum absolute atomic E-state index is 0.121. The zero-order chi connectivity index (χ0) is 13.7. The van der Waals surface area contributed by atoms with Crippen molar-refractivity contribution in [3.8, 4) is 0 Å². The zero-order valence-electron chi connectivity index (χ0n) is 12.4. The van der Waals surface area contributed by atoms with E-state index in [1.807, 2.05) is 5.51 Å². The van der Waals surface area contributed by atoms with Crippen LogP contribution in [0.5, 0.6) is 0 Å². The molecule has 1 aromatic rings. The van der Waals surface area contributed by atoms with E-state index in [1.54, 1.807) is 11.3 Å². The predicted molar refractivity (Wildman–Crippen MR) is 80.8 cm³/mol. The van der Waals surface area contributed by atoms with Crippen LogP contribution < -0.4 is 5.32 Å². The first-order valence-electron chi connectivity index (χ1n) is 7.45. The second kappa shape index (κ2) is 6.82. The predicted octanol–water partition coefficient (Wildman–Crippen LogP) is 3.32. The van der Waals surface area contributed by atoms with Crippen LogP contribution in [0.15, 0.2) is 5.51 Å². The molecule has 0 aliphatic carbocycles. The van der Waals surface area contributed by atoms with Gasteiger partial charge in [0.1, 0.15) is 0 Å². The highest BCUT2D eigenvalue weighted by Crippen LogP contribution is 2.31. The van der Waals surface area contributed by atoms with Gasteiger partial charge in [-0.25, -0.2) is 4.98 Å². The summed E-state index contributed by atoms with van der Waals surface area (Å²) in [6, 6.07) is 0.613. The molecule has 0 aromatic carbocycles. The van der Waals surface area contributed by atoms with E-state index in [-0.39, 0.29) is 5.60 Å². The molecule has 0 saturated carbocycles. The van der Waals surface area contributed by atoms with Gasteiger partial charge in [0.2, 0.25) is 0 Å². The Balaban J connectivity index is 1.78. The van der Waals surface area contributed by atoms with Crippen LogP contribution >= 0.6 is 11.3 Å². The van der Waals surface area contributed by atoms with Gasteiger partial charge in [-0.3, -0.25) is 0 Å². The summed E-state index contributed by atoms with van der Waals surface area (Å²) in [5.41, 5.74) is 3.25. The molecule has 0 spiro atoms. The lowest BCUT2D eigenvalue weighted by molar-refractivity contribution is -0.0929. The fourth-order valence-electron chi connectivity index (χ4n) is 2.90. The van der Waals surface area contributed by atoms with E-state index in [4.69, 9.17) is 4.74 Å². The van der Waals surface area contributed by atoms with E-state index in [1.165, 1.54) is 10.6 Å². The van der Waals surface area contributed by atoms with E-state index >= 15 is 0 Å². The SMILES string of the molecule is CCC1(CC)CC(NCCc2scnc2C)CCO1. The molecule has 1 atom stereocenters. The molecule has 3 nitrogen and oxygen atoms in total. The maximum Gasteiger partial charge on any atom is 0.0797 e. The van der Waals surface area contributed by atoms with Gasteiger partial charge in [-0.05, 0) is 39.0 Å². The van der Waals surface area contributed by atoms with Crippen molar-refractivity contribution in [2.24, 2.45) is 0 Å². The average Bonchev–Trinajstić information content (AvgIpc) is 2.85. The molecular formula is C15H26N2OS. The third-order valence-corrected chi connectivity index (χ3v) is 5.41. The molecule has 1 aliphatic rings. The number of ether oxygens (including phenoxy) is 1. The fraction of sp³-hybridized carbons (Fsp3) is 0.800. The maximum absolute atomic E-state index is 6.02. The van der Waals surface area contributed by atoms with Gasteiger partial charge in [-0.15, -0.1) is 11.3 Å². The lowest BCUT2D eigenvalue weighted by Gasteiger charge is -2.40.